The van der Waals surface area contributed by atoms with Gasteiger partial charge >= 0.3 is 0 Å². The van der Waals surface area contributed by atoms with Gasteiger partial charge in [-0.2, -0.15) is 0 Å². The van der Waals surface area contributed by atoms with Crippen LogP contribution in [0.3, 0.4) is 0 Å². The Morgan fingerprint density at radius 1 is 1.47 bits per heavy atom. The van der Waals surface area contributed by atoms with Gasteiger partial charge in [-0.1, -0.05) is 0 Å². The van der Waals surface area contributed by atoms with E-state index in [4.69, 9.17) is 0 Å². The quantitative estimate of drug-likeness (QED) is 0.699. The van der Waals surface area contributed by atoms with E-state index < -0.39 is 9.84 Å². The molecule has 0 aromatic heterocycles. The van der Waals surface area contributed by atoms with Crippen molar-refractivity contribution in [2.24, 2.45) is 0 Å². The molecule has 1 aliphatic carbocycles. The highest BCUT2D eigenvalue weighted by Gasteiger charge is 2.55. The summed E-state index contributed by atoms with van der Waals surface area (Å²) in [5, 5.41) is 3.18. The summed E-state index contributed by atoms with van der Waals surface area (Å²) < 4.78 is 21.8. The summed E-state index contributed by atoms with van der Waals surface area (Å²) in [6.45, 7) is 1.11. The lowest BCUT2D eigenvalue weighted by Crippen LogP contribution is -2.33. The summed E-state index contributed by atoms with van der Waals surface area (Å²) >= 11 is 0. The van der Waals surface area contributed by atoms with Gasteiger partial charge in [-0.15, -0.1) is 0 Å². The topological polar surface area (TPSA) is 66.5 Å². The summed E-state index contributed by atoms with van der Waals surface area (Å²) in [5.41, 5.74) is -0.259. The van der Waals surface area contributed by atoms with Crippen LogP contribution in [0.25, 0.3) is 0 Å². The van der Waals surface area contributed by atoms with Crippen molar-refractivity contribution in [3.63, 3.8) is 0 Å². The minimum atomic E-state index is -2.90. The molecule has 1 saturated heterocycles. The van der Waals surface area contributed by atoms with E-state index in [1.807, 2.05) is 0 Å². The fraction of sp³-hybridized carbons (Fsp3) is 0.889. The maximum Gasteiger partial charge on any atom is 0.243 e. The zero-order valence-electron chi connectivity index (χ0n) is 8.82. The van der Waals surface area contributed by atoms with Gasteiger partial charge in [0.2, 0.25) is 5.91 Å². The third kappa shape index (κ3) is 2.31. The number of nitrogens with one attached hydrogen (secondary N) is 1. The van der Waals surface area contributed by atoms with E-state index in [1.165, 1.54) is 6.26 Å². The Morgan fingerprint density at radius 3 is 2.60 bits per heavy atom. The largest absolute Gasteiger partial charge is 0.328 e. The third-order valence-corrected chi connectivity index (χ3v) is 4.03. The first-order valence-corrected chi connectivity index (χ1v) is 7.21. The molecule has 1 saturated carbocycles. The van der Waals surface area contributed by atoms with Gasteiger partial charge in [0.25, 0.3) is 0 Å². The Kier molecular flexibility index (Phi) is 2.50. The highest BCUT2D eigenvalue weighted by molar-refractivity contribution is 7.90. The lowest BCUT2D eigenvalue weighted by Gasteiger charge is -2.14. The Morgan fingerprint density at radius 2 is 2.13 bits per heavy atom. The van der Waals surface area contributed by atoms with Crippen molar-refractivity contribution in [3.8, 4) is 0 Å². The van der Waals surface area contributed by atoms with Crippen molar-refractivity contribution in [3.05, 3.63) is 0 Å². The van der Waals surface area contributed by atoms with Crippen LogP contribution in [0.15, 0.2) is 0 Å². The summed E-state index contributed by atoms with van der Waals surface area (Å²) in [7, 11) is -2.90. The van der Waals surface area contributed by atoms with Gasteiger partial charge in [0.15, 0.2) is 0 Å². The van der Waals surface area contributed by atoms with Crippen molar-refractivity contribution in [2.45, 2.75) is 24.8 Å². The van der Waals surface area contributed by atoms with Gasteiger partial charge < -0.3 is 4.90 Å². The molecule has 1 heterocycles. The second-order valence-electron chi connectivity index (χ2n) is 4.47. The SMILES string of the molecule is CS(=O)(=O)CCCN1CNC2(CC2)C1=O. The predicted molar refractivity (Wildman–Crippen MR) is 56.0 cm³/mol. The highest BCUT2D eigenvalue weighted by atomic mass is 32.2. The molecule has 1 spiro atoms. The minimum Gasteiger partial charge on any atom is -0.328 e. The number of carbonyl (C=O) groups is 1. The molecule has 0 unspecified atom stereocenters. The van der Waals surface area contributed by atoms with Gasteiger partial charge in [0, 0.05) is 12.8 Å². The molecule has 1 aliphatic heterocycles. The molecule has 86 valence electrons. The zero-order valence-corrected chi connectivity index (χ0v) is 9.64. The fourth-order valence-electron chi connectivity index (χ4n) is 1.91. The number of nitrogens with zero attached hydrogens (tertiary/aromatic N) is 1. The van der Waals surface area contributed by atoms with Crippen LogP contribution in [-0.2, 0) is 14.6 Å². The normalized spacial score (nSPS) is 23.8. The Balaban J connectivity index is 1.79. The van der Waals surface area contributed by atoms with Crippen LogP contribution in [0, 0.1) is 0 Å². The van der Waals surface area contributed by atoms with E-state index >= 15 is 0 Å². The zero-order chi connectivity index (χ0) is 11.1. The van der Waals surface area contributed by atoms with E-state index in [-0.39, 0.29) is 17.2 Å². The van der Waals surface area contributed by atoms with Crippen molar-refractivity contribution in [1.29, 1.82) is 0 Å². The number of sulfone groups is 1. The summed E-state index contributed by atoms with van der Waals surface area (Å²) in [4.78, 5) is 13.5. The van der Waals surface area contributed by atoms with E-state index in [0.29, 0.717) is 19.6 Å². The second-order valence-corrected chi connectivity index (χ2v) is 6.73. The molecule has 0 radical (unpaired) electrons. The minimum absolute atomic E-state index is 0.149. The average molecular weight is 232 g/mol. The average Bonchev–Trinajstić information content (AvgIpc) is 2.82. The van der Waals surface area contributed by atoms with Crippen LogP contribution in [0.2, 0.25) is 0 Å². The molecule has 5 nitrogen and oxygen atoms in total. The van der Waals surface area contributed by atoms with Crippen LogP contribution in [0.5, 0.6) is 0 Å². The maximum atomic E-state index is 11.8. The van der Waals surface area contributed by atoms with Gasteiger partial charge in [-0.05, 0) is 19.3 Å². The Hall–Kier alpha value is -0.620. The molecule has 2 fully saturated rings. The van der Waals surface area contributed by atoms with Gasteiger partial charge in [0.05, 0.1) is 18.0 Å². The van der Waals surface area contributed by atoms with Crippen LogP contribution in [-0.4, -0.2) is 50.0 Å². The van der Waals surface area contributed by atoms with Gasteiger partial charge in [-0.3, -0.25) is 10.1 Å². The molecule has 2 aliphatic rings. The molecule has 15 heavy (non-hydrogen) atoms. The number of rotatable bonds is 4. The molecule has 6 heteroatoms. The number of hydrogen-bond donors (Lipinski definition) is 1. The summed E-state index contributed by atoms with van der Waals surface area (Å²) in [6.07, 6.45) is 3.60. The number of amides is 1. The third-order valence-electron chi connectivity index (χ3n) is 3.00. The number of hydrogen-bond acceptors (Lipinski definition) is 4. The monoisotopic (exact) mass is 232 g/mol. The lowest BCUT2D eigenvalue weighted by molar-refractivity contribution is -0.129. The molecular formula is C9H16N2O3S. The summed E-state index contributed by atoms with van der Waals surface area (Å²) in [5.74, 6) is 0.306. The Bertz CT molecular complexity index is 373. The van der Waals surface area contributed by atoms with Crippen LogP contribution in [0.4, 0.5) is 0 Å². The molecule has 0 aromatic carbocycles. The number of carbonyl (C=O) groups excluding carboxylic acids is 1. The second kappa shape index (κ2) is 3.45. The molecule has 1 amide bonds. The van der Waals surface area contributed by atoms with E-state index in [2.05, 4.69) is 5.32 Å². The Labute approximate surface area is 89.7 Å². The van der Waals surface area contributed by atoms with Crippen molar-refractivity contribution >= 4 is 15.7 Å². The first kappa shape index (κ1) is 10.9. The van der Waals surface area contributed by atoms with Crippen LogP contribution >= 0.6 is 0 Å². The van der Waals surface area contributed by atoms with Gasteiger partial charge in [-0.25, -0.2) is 8.42 Å². The first-order chi connectivity index (χ1) is 6.93. The van der Waals surface area contributed by atoms with E-state index in [1.54, 1.807) is 4.90 Å². The molecule has 0 aromatic rings. The standard InChI is InChI=1S/C9H16N2O3S/c1-15(13,14)6-2-5-11-7-10-9(3-4-9)8(11)12/h10H,2-7H2,1H3. The van der Waals surface area contributed by atoms with Crippen LogP contribution < -0.4 is 5.32 Å². The molecular weight excluding hydrogens is 216 g/mol. The van der Waals surface area contributed by atoms with Crippen molar-refractivity contribution in [2.75, 3.05) is 25.2 Å². The van der Waals surface area contributed by atoms with Gasteiger partial charge in [0.1, 0.15) is 9.84 Å². The first-order valence-electron chi connectivity index (χ1n) is 5.15. The fourth-order valence-corrected chi connectivity index (χ4v) is 2.56. The smallest absolute Gasteiger partial charge is 0.243 e. The van der Waals surface area contributed by atoms with Crippen LogP contribution in [0.1, 0.15) is 19.3 Å². The lowest BCUT2D eigenvalue weighted by atomic mass is 10.3. The predicted octanol–water partition coefficient (Wildman–Crippen LogP) is -0.657. The molecule has 0 bridgehead atoms. The van der Waals surface area contributed by atoms with E-state index in [9.17, 15) is 13.2 Å². The van der Waals surface area contributed by atoms with Crippen molar-refractivity contribution in [1.82, 2.24) is 10.2 Å². The molecule has 1 N–H and O–H groups in total. The summed E-state index contributed by atoms with van der Waals surface area (Å²) in [6, 6.07) is 0. The van der Waals surface area contributed by atoms with Crippen molar-refractivity contribution < 1.29 is 13.2 Å². The van der Waals surface area contributed by atoms with E-state index in [0.717, 1.165) is 12.8 Å². The molecule has 0 atom stereocenters. The highest BCUT2D eigenvalue weighted by Crippen LogP contribution is 2.39. The maximum absolute atomic E-state index is 11.8. The molecule has 2 rings (SSSR count).